The van der Waals surface area contributed by atoms with Gasteiger partial charge in [0.05, 0.1) is 23.3 Å². The molecule has 21 heavy (non-hydrogen) atoms. The van der Waals surface area contributed by atoms with Crippen molar-refractivity contribution in [1.82, 2.24) is 0 Å². The molecule has 112 valence electrons. The van der Waals surface area contributed by atoms with Gasteiger partial charge >= 0.3 is 6.18 Å². The second-order valence-electron chi connectivity index (χ2n) is 5.76. The predicted octanol–water partition coefficient (Wildman–Crippen LogP) is 3.07. The molecule has 0 aliphatic carbocycles. The van der Waals surface area contributed by atoms with Crippen LogP contribution in [0.1, 0.15) is 36.8 Å². The number of halogens is 3. The predicted molar refractivity (Wildman–Crippen MR) is 70.7 cm³/mol. The Hall–Kier alpha value is -1.74. The van der Waals surface area contributed by atoms with Gasteiger partial charge in [0, 0.05) is 17.8 Å². The summed E-state index contributed by atoms with van der Waals surface area (Å²) in [5.41, 5.74) is -0.732. The molecular weight excluding hydrogens is 281 g/mol. The van der Waals surface area contributed by atoms with E-state index < -0.39 is 11.7 Å². The molecule has 0 spiro atoms. The molecule has 3 nitrogen and oxygen atoms in total. The third kappa shape index (κ3) is 2.46. The average molecular weight is 296 g/mol. The van der Waals surface area contributed by atoms with Gasteiger partial charge in [0.15, 0.2) is 0 Å². The zero-order valence-corrected chi connectivity index (χ0v) is 11.3. The topological polar surface area (TPSA) is 47.3 Å². The van der Waals surface area contributed by atoms with Crippen molar-refractivity contribution in [3.05, 3.63) is 29.3 Å². The lowest BCUT2D eigenvalue weighted by Crippen LogP contribution is -2.44. The largest absolute Gasteiger partial charge is 0.417 e. The Labute approximate surface area is 120 Å². The van der Waals surface area contributed by atoms with Crippen LogP contribution in [0.3, 0.4) is 0 Å². The van der Waals surface area contributed by atoms with Crippen molar-refractivity contribution in [2.45, 2.75) is 50.0 Å². The molecule has 0 amide bonds. The number of anilines is 1. The first-order valence-electron chi connectivity index (χ1n) is 6.98. The number of nitriles is 1. The molecule has 3 rings (SSSR count). The Morgan fingerprint density at radius 2 is 1.81 bits per heavy atom. The first kappa shape index (κ1) is 14.2. The molecule has 6 heteroatoms. The van der Waals surface area contributed by atoms with E-state index in [9.17, 15) is 18.3 Å². The van der Waals surface area contributed by atoms with E-state index in [1.54, 1.807) is 12.1 Å². The van der Waals surface area contributed by atoms with Gasteiger partial charge in [0.25, 0.3) is 0 Å². The van der Waals surface area contributed by atoms with E-state index in [1.165, 1.54) is 6.07 Å². The molecule has 0 unspecified atom stereocenters. The second kappa shape index (κ2) is 4.92. The van der Waals surface area contributed by atoms with E-state index in [-0.39, 0.29) is 23.8 Å². The van der Waals surface area contributed by atoms with Crippen molar-refractivity contribution in [3.63, 3.8) is 0 Å². The Bertz CT molecular complexity index is 580. The number of rotatable bonds is 1. The maximum atomic E-state index is 13.0. The second-order valence-corrected chi connectivity index (χ2v) is 5.76. The van der Waals surface area contributed by atoms with Crippen molar-refractivity contribution in [3.8, 4) is 6.07 Å². The molecule has 2 saturated heterocycles. The molecule has 2 aliphatic rings. The third-order valence-electron chi connectivity index (χ3n) is 4.44. The van der Waals surface area contributed by atoms with E-state index in [2.05, 4.69) is 0 Å². The van der Waals surface area contributed by atoms with Crippen molar-refractivity contribution in [2.75, 3.05) is 4.90 Å². The molecule has 1 N–H and O–H groups in total. The molecule has 2 aliphatic heterocycles. The van der Waals surface area contributed by atoms with Gasteiger partial charge in [-0.3, -0.25) is 0 Å². The molecular formula is C15H15F3N2O. The monoisotopic (exact) mass is 296 g/mol. The number of hydrogen-bond donors (Lipinski definition) is 1. The summed E-state index contributed by atoms with van der Waals surface area (Å²) in [6, 6.07) is 5.67. The van der Waals surface area contributed by atoms with Crippen LogP contribution in [0.15, 0.2) is 18.2 Å². The number of nitrogens with zero attached hydrogens (tertiary/aromatic N) is 2. The van der Waals surface area contributed by atoms with Crippen LogP contribution in [0.4, 0.5) is 18.9 Å². The number of fused-ring (bicyclic) bond motifs is 2. The molecule has 2 fully saturated rings. The molecule has 0 aromatic heterocycles. The zero-order chi connectivity index (χ0) is 15.2. The molecule has 0 radical (unpaired) electrons. The standard InChI is InChI=1S/C15H15F3N2O/c16-15(17,18)14-7-12(2-1-9(14)8-19)20-10-3-4-11(20)6-13(21)5-10/h1-2,7,10-11,13,21H,3-6H2/t10-,11+,13+. The van der Waals surface area contributed by atoms with Crippen molar-refractivity contribution in [1.29, 1.82) is 5.26 Å². The average Bonchev–Trinajstić information content (AvgIpc) is 2.69. The van der Waals surface area contributed by atoms with Crippen LogP contribution < -0.4 is 4.90 Å². The molecule has 3 atom stereocenters. The first-order chi connectivity index (χ1) is 9.90. The quantitative estimate of drug-likeness (QED) is 0.866. The van der Waals surface area contributed by atoms with Gasteiger partial charge < -0.3 is 10.0 Å². The lowest BCUT2D eigenvalue weighted by atomic mass is 9.98. The van der Waals surface area contributed by atoms with Crippen LogP contribution in [-0.2, 0) is 6.18 Å². The minimum Gasteiger partial charge on any atom is -0.393 e. The normalized spacial score (nSPS) is 28.5. The maximum absolute atomic E-state index is 13.0. The van der Waals surface area contributed by atoms with Gasteiger partial charge in [0.2, 0.25) is 0 Å². The minimum absolute atomic E-state index is 0.0905. The smallest absolute Gasteiger partial charge is 0.393 e. The van der Waals surface area contributed by atoms with Crippen molar-refractivity contribution >= 4 is 5.69 Å². The fraction of sp³-hybridized carbons (Fsp3) is 0.533. The summed E-state index contributed by atoms with van der Waals surface area (Å²) < 4.78 is 39.1. The number of aliphatic hydroxyl groups is 1. The number of alkyl halides is 3. The lowest BCUT2D eigenvalue weighted by Gasteiger charge is -2.39. The van der Waals surface area contributed by atoms with Crippen molar-refractivity contribution < 1.29 is 18.3 Å². The molecule has 2 bridgehead atoms. The van der Waals surface area contributed by atoms with Crippen LogP contribution in [0.2, 0.25) is 0 Å². The number of benzene rings is 1. The van der Waals surface area contributed by atoms with E-state index in [1.807, 2.05) is 4.90 Å². The van der Waals surface area contributed by atoms with Gasteiger partial charge in [-0.25, -0.2) is 0 Å². The van der Waals surface area contributed by atoms with Gasteiger partial charge in [-0.1, -0.05) is 0 Å². The summed E-state index contributed by atoms with van der Waals surface area (Å²) in [7, 11) is 0. The van der Waals surface area contributed by atoms with Gasteiger partial charge in [-0.05, 0) is 43.9 Å². The Morgan fingerprint density at radius 1 is 1.19 bits per heavy atom. The minimum atomic E-state index is -4.53. The summed E-state index contributed by atoms with van der Waals surface area (Å²) in [5, 5.41) is 18.6. The van der Waals surface area contributed by atoms with E-state index in [4.69, 9.17) is 5.26 Å². The highest BCUT2D eigenvalue weighted by Gasteiger charge is 2.41. The van der Waals surface area contributed by atoms with E-state index in [0.29, 0.717) is 18.5 Å². The van der Waals surface area contributed by atoms with Gasteiger partial charge in [-0.15, -0.1) is 0 Å². The molecule has 1 aromatic carbocycles. The summed E-state index contributed by atoms with van der Waals surface area (Å²) in [6.45, 7) is 0. The molecule has 1 aromatic rings. The summed E-state index contributed by atoms with van der Waals surface area (Å²) >= 11 is 0. The van der Waals surface area contributed by atoms with Crippen molar-refractivity contribution in [2.24, 2.45) is 0 Å². The van der Waals surface area contributed by atoms with Crippen LogP contribution in [0, 0.1) is 11.3 Å². The number of piperidine rings is 1. The van der Waals surface area contributed by atoms with Crippen LogP contribution in [0.25, 0.3) is 0 Å². The molecule has 0 saturated carbocycles. The summed E-state index contributed by atoms with van der Waals surface area (Å²) in [4.78, 5) is 1.99. The number of aliphatic hydroxyl groups excluding tert-OH is 1. The third-order valence-corrected chi connectivity index (χ3v) is 4.44. The lowest BCUT2D eigenvalue weighted by molar-refractivity contribution is -0.137. The van der Waals surface area contributed by atoms with E-state index in [0.717, 1.165) is 18.9 Å². The first-order valence-corrected chi connectivity index (χ1v) is 6.98. The van der Waals surface area contributed by atoms with Crippen LogP contribution in [0.5, 0.6) is 0 Å². The van der Waals surface area contributed by atoms with E-state index >= 15 is 0 Å². The Kier molecular flexibility index (Phi) is 3.33. The maximum Gasteiger partial charge on any atom is 0.417 e. The fourth-order valence-corrected chi connectivity index (χ4v) is 3.59. The van der Waals surface area contributed by atoms with Gasteiger partial charge in [-0.2, -0.15) is 18.4 Å². The van der Waals surface area contributed by atoms with Crippen LogP contribution >= 0.6 is 0 Å². The number of hydrogen-bond acceptors (Lipinski definition) is 3. The van der Waals surface area contributed by atoms with Crippen LogP contribution in [-0.4, -0.2) is 23.3 Å². The zero-order valence-electron chi connectivity index (χ0n) is 11.3. The SMILES string of the molecule is N#Cc1ccc(N2[C@@H]3CC[C@H]2C[C@@H](O)C3)cc1C(F)(F)F. The highest BCUT2D eigenvalue weighted by Crippen LogP contribution is 2.41. The highest BCUT2D eigenvalue weighted by atomic mass is 19.4. The summed E-state index contributed by atoms with van der Waals surface area (Å²) in [6.07, 6.45) is -1.92. The highest BCUT2D eigenvalue weighted by molar-refractivity contribution is 5.57. The Morgan fingerprint density at radius 3 is 2.33 bits per heavy atom. The summed E-state index contributed by atoms with van der Waals surface area (Å²) in [5.74, 6) is 0. The fourth-order valence-electron chi connectivity index (χ4n) is 3.59. The Balaban J connectivity index is 1.99. The van der Waals surface area contributed by atoms with Gasteiger partial charge in [0.1, 0.15) is 0 Å². The molecule has 2 heterocycles.